The molecule has 0 aliphatic rings. The number of hydrogen-bond donors (Lipinski definition) is 2. The van der Waals surface area contributed by atoms with Gasteiger partial charge in [-0.2, -0.15) is 0 Å². The monoisotopic (exact) mass is 362 g/mol. The molecule has 1 aromatic heterocycles. The smallest absolute Gasteiger partial charge is 0.338 e. The van der Waals surface area contributed by atoms with Gasteiger partial charge in [0.15, 0.2) is 11.6 Å². The van der Waals surface area contributed by atoms with Crippen molar-refractivity contribution < 1.29 is 18.7 Å². The molecule has 4 nitrogen and oxygen atoms in total. The molecule has 0 saturated heterocycles. The number of carboxylic acid groups (broad SMARTS) is 1. The summed E-state index contributed by atoms with van der Waals surface area (Å²) in [4.78, 5) is 14.5. The summed E-state index contributed by atoms with van der Waals surface area (Å²) in [6, 6.07) is 3.20. The van der Waals surface area contributed by atoms with E-state index in [-0.39, 0.29) is 21.0 Å². The van der Waals surface area contributed by atoms with Crippen molar-refractivity contribution in [3.63, 3.8) is 0 Å². The van der Waals surface area contributed by atoms with Crippen LogP contribution in [0.3, 0.4) is 0 Å². The van der Waals surface area contributed by atoms with Gasteiger partial charge in [-0.25, -0.2) is 18.6 Å². The molecule has 0 spiro atoms. The Morgan fingerprint density at radius 2 is 2.10 bits per heavy atom. The van der Waals surface area contributed by atoms with E-state index >= 15 is 0 Å². The first-order valence-corrected chi connectivity index (χ1v) is 6.36. The van der Waals surface area contributed by atoms with Gasteiger partial charge in [0, 0.05) is 10.7 Å². The highest BCUT2D eigenvalue weighted by Gasteiger charge is 2.17. The average Bonchev–Trinajstić information content (AvgIpc) is 2.35. The minimum absolute atomic E-state index is 0.00111. The average molecular weight is 364 g/mol. The molecule has 0 fully saturated rings. The molecule has 1 aromatic carbocycles. The lowest BCUT2D eigenvalue weighted by atomic mass is 10.2. The van der Waals surface area contributed by atoms with Crippen molar-refractivity contribution in [1.82, 2.24) is 4.98 Å². The van der Waals surface area contributed by atoms with Crippen LogP contribution in [-0.2, 0) is 0 Å². The first-order chi connectivity index (χ1) is 9.40. The van der Waals surface area contributed by atoms with E-state index in [1.807, 2.05) is 0 Å². The van der Waals surface area contributed by atoms with Gasteiger partial charge in [-0.1, -0.05) is 11.6 Å². The van der Waals surface area contributed by atoms with Gasteiger partial charge in [0.1, 0.15) is 11.4 Å². The van der Waals surface area contributed by atoms with Crippen molar-refractivity contribution in [3.05, 3.63) is 51.1 Å². The highest BCUT2D eigenvalue weighted by molar-refractivity contribution is 9.10. The molecular weight excluding hydrogens is 357 g/mol. The maximum absolute atomic E-state index is 13.9. The van der Waals surface area contributed by atoms with Gasteiger partial charge in [-0.05, 0) is 34.1 Å². The molecule has 0 unspecified atom stereocenters. The maximum atomic E-state index is 13.9. The van der Waals surface area contributed by atoms with Crippen LogP contribution in [0.15, 0.2) is 28.9 Å². The van der Waals surface area contributed by atoms with E-state index in [1.165, 1.54) is 0 Å². The van der Waals surface area contributed by atoms with E-state index in [1.54, 1.807) is 0 Å². The van der Waals surface area contributed by atoms with E-state index in [0.29, 0.717) is 0 Å². The fraction of sp³-hybridized carbons (Fsp3) is 0. The normalized spacial score (nSPS) is 10.4. The van der Waals surface area contributed by atoms with Crippen LogP contribution >= 0.6 is 27.5 Å². The highest BCUT2D eigenvalue weighted by atomic mass is 79.9. The van der Waals surface area contributed by atoms with E-state index in [0.717, 1.165) is 24.4 Å². The molecule has 0 aliphatic heterocycles. The summed E-state index contributed by atoms with van der Waals surface area (Å²) in [6.07, 6.45) is 1.14. The minimum atomic E-state index is -1.42. The number of nitrogens with zero attached hydrogens (tertiary/aromatic N) is 1. The molecule has 0 atom stereocenters. The van der Waals surface area contributed by atoms with Gasteiger partial charge in [0.05, 0.1) is 10.7 Å². The van der Waals surface area contributed by atoms with Crippen LogP contribution in [0.1, 0.15) is 10.4 Å². The number of benzene rings is 1. The summed E-state index contributed by atoms with van der Waals surface area (Å²) >= 11 is 8.91. The molecule has 8 heteroatoms. The van der Waals surface area contributed by atoms with Gasteiger partial charge >= 0.3 is 5.97 Å². The molecule has 2 rings (SSSR count). The first-order valence-electron chi connectivity index (χ1n) is 5.19. The van der Waals surface area contributed by atoms with Crippen LogP contribution in [0, 0.1) is 11.6 Å². The van der Waals surface area contributed by atoms with Crippen LogP contribution in [-0.4, -0.2) is 16.1 Å². The molecule has 0 bridgehead atoms. The minimum Gasteiger partial charge on any atom is -0.478 e. The standard InChI is InChI=1S/C12H6BrClF2N2O2/c13-7-3-5(15)4-8(14)10(7)18-11-9(16)6(12(19)20)1-2-17-11/h1-4H,(H,17,18)(H,19,20). The molecular formula is C12H6BrClF2N2O2. The topological polar surface area (TPSA) is 62.2 Å². The second kappa shape index (κ2) is 5.72. The van der Waals surface area contributed by atoms with Gasteiger partial charge in [0.2, 0.25) is 0 Å². The van der Waals surface area contributed by atoms with Crippen molar-refractivity contribution in [1.29, 1.82) is 0 Å². The predicted octanol–water partition coefficient (Wildman–Crippen LogP) is 4.22. The van der Waals surface area contributed by atoms with Gasteiger partial charge in [0.25, 0.3) is 0 Å². The summed E-state index contributed by atoms with van der Waals surface area (Å²) in [5.74, 6) is -3.34. The third-order valence-electron chi connectivity index (χ3n) is 2.37. The third kappa shape index (κ3) is 2.88. The third-order valence-corrected chi connectivity index (χ3v) is 3.29. The Morgan fingerprint density at radius 3 is 2.70 bits per heavy atom. The van der Waals surface area contributed by atoms with Crippen LogP contribution in [0.4, 0.5) is 20.3 Å². The van der Waals surface area contributed by atoms with Crippen molar-refractivity contribution >= 4 is 45.0 Å². The Labute approximate surface area is 125 Å². The Hall–Kier alpha value is -1.73. The summed E-state index contributed by atoms with van der Waals surface area (Å²) in [6.45, 7) is 0. The Balaban J connectivity index is 2.46. The summed E-state index contributed by atoms with van der Waals surface area (Å²) in [7, 11) is 0. The van der Waals surface area contributed by atoms with Crippen LogP contribution in [0.5, 0.6) is 0 Å². The van der Waals surface area contributed by atoms with Crippen molar-refractivity contribution in [2.45, 2.75) is 0 Å². The second-order valence-electron chi connectivity index (χ2n) is 3.70. The number of anilines is 2. The van der Waals surface area contributed by atoms with E-state index in [4.69, 9.17) is 16.7 Å². The van der Waals surface area contributed by atoms with Crippen LogP contribution in [0.25, 0.3) is 0 Å². The zero-order valence-corrected chi connectivity index (χ0v) is 12.0. The van der Waals surface area contributed by atoms with Crippen LogP contribution in [0.2, 0.25) is 5.02 Å². The Morgan fingerprint density at radius 1 is 1.40 bits per heavy atom. The molecule has 0 saturated carbocycles. The van der Waals surface area contributed by atoms with Gasteiger partial charge in [-0.3, -0.25) is 0 Å². The first kappa shape index (κ1) is 14.7. The number of aromatic nitrogens is 1. The van der Waals surface area contributed by atoms with Crippen molar-refractivity contribution in [2.75, 3.05) is 5.32 Å². The predicted molar refractivity (Wildman–Crippen MR) is 73.5 cm³/mol. The number of pyridine rings is 1. The fourth-order valence-electron chi connectivity index (χ4n) is 1.48. The molecule has 0 amide bonds. The molecule has 0 aliphatic carbocycles. The lowest BCUT2D eigenvalue weighted by molar-refractivity contribution is 0.0692. The highest BCUT2D eigenvalue weighted by Crippen LogP contribution is 2.34. The van der Waals surface area contributed by atoms with Gasteiger partial charge < -0.3 is 10.4 Å². The number of halogens is 4. The van der Waals surface area contributed by atoms with Crippen molar-refractivity contribution in [3.8, 4) is 0 Å². The summed E-state index contributed by atoms with van der Waals surface area (Å²) in [5, 5.41) is 11.4. The second-order valence-corrected chi connectivity index (χ2v) is 4.96. The number of nitrogens with one attached hydrogen (secondary N) is 1. The van der Waals surface area contributed by atoms with Gasteiger partial charge in [-0.15, -0.1) is 0 Å². The van der Waals surface area contributed by atoms with Crippen molar-refractivity contribution in [2.24, 2.45) is 0 Å². The lowest BCUT2D eigenvalue weighted by Gasteiger charge is -2.11. The Kier molecular flexibility index (Phi) is 4.20. The molecule has 2 N–H and O–H groups in total. The molecule has 104 valence electrons. The molecule has 20 heavy (non-hydrogen) atoms. The zero-order valence-electron chi connectivity index (χ0n) is 9.62. The number of carboxylic acids is 1. The Bertz CT molecular complexity index is 674. The van der Waals surface area contributed by atoms with E-state index in [9.17, 15) is 13.6 Å². The largest absolute Gasteiger partial charge is 0.478 e. The molecule has 2 aromatic rings. The summed E-state index contributed by atoms with van der Waals surface area (Å²) in [5.41, 5.74) is -0.348. The quantitative estimate of drug-likeness (QED) is 0.857. The number of rotatable bonds is 3. The number of carbonyl (C=O) groups is 1. The fourth-order valence-corrected chi connectivity index (χ4v) is 2.37. The zero-order chi connectivity index (χ0) is 14.9. The summed E-state index contributed by atoms with van der Waals surface area (Å²) < 4.78 is 27.3. The van der Waals surface area contributed by atoms with E-state index < -0.39 is 23.2 Å². The molecule has 0 radical (unpaired) electrons. The number of hydrogen-bond acceptors (Lipinski definition) is 3. The van der Waals surface area contributed by atoms with E-state index in [2.05, 4.69) is 26.2 Å². The SMILES string of the molecule is O=C(O)c1ccnc(Nc2c(Cl)cc(F)cc2Br)c1F. The molecule has 1 heterocycles. The maximum Gasteiger partial charge on any atom is 0.338 e. The number of aromatic carboxylic acids is 1. The lowest BCUT2D eigenvalue weighted by Crippen LogP contribution is -2.06. The van der Waals surface area contributed by atoms with Crippen LogP contribution < -0.4 is 5.32 Å².